The van der Waals surface area contributed by atoms with Gasteiger partial charge in [-0.15, -0.1) is 0 Å². The van der Waals surface area contributed by atoms with Crippen molar-refractivity contribution in [3.63, 3.8) is 0 Å². The number of alkyl halides is 6. The zero-order valence-corrected chi connectivity index (χ0v) is 19.1. The van der Waals surface area contributed by atoms with Crippen LogP contribution in [0.3, 0.4) is 0 Å². The molecule has 0 bridgehead atoms. The second-order valence-electron chi connectivity index (χ2n) is 7.85. The Morgan fingerprint density at radius 2 is 1.70 bits per heavy atom. The van der Waals surface area contributed by atoms with Gasteiger partial charge in [0, 0.05) is 25.0 Å². The van der Waals surface area contributed by atoms with Crippen molar-refractivity contribution < 1.29 is 60.0 Å². The molecular formula is C22H24F6N2O7. The third kappa shape index (κ3) is 10.0. The molecule has 1 saturated carbocycles. The number of pyridine rings is 1. The molecule has 1 aliphatic heterocycles. The number of morpholine rings is 1. The predicted molar refractivity (Wildman–Crippen MR) is 112 cm³/mol. The summed E-state index contributed by atoms with van der Waals surface area (Å²) in [4.78, 5) is 24.4. The normalized spacial score (nSPS) is 21.6. The highest BCUT2D eigenvalue weighted by Gasteiger charge is 2.43. The SMILES string of the molecule is O=C(O)C(F)(F)F.O=C(O)C(F)(F)F.c1cncc(CO[C@H]2CC[C@H]3[C@H]2OCCN3Cc2ccco2)c1. The molecule has 3 heterocycles. The molecular weight excluding hydrogens is 518 g/mol. The number of hydrogen-bond donors (Lipinski definition) is 2. The van der Waals surface area contributed by atoms with Crippen LogP contribution in [-0.4, -0.2) is 75.8 Å². The lowest BCUT2D eigenvalue weighted by Crippen LogP contribution is -2.51. The number of carboxylic acid groups (broad SMARTS) is 2. The zero-order chi connectivity index (χ0) is 27.6. The van der Waals surface area contributed by atoms with Gasteiger partial charge in [-0.3, -0.25) is 9.88 Å². The molecule has 1 saturated heterocycles. The number of carboxylic acids is 2. The lowest BCUT2D eigenvalue weighted by Gasteiger charge is -2.38. The molecule has 2 aromatic rings. The molecule has 206 valence electrons. The lowest BCUT2D eigenvalue weighted by molar-refractivity contribution is -0.193. The van der Waals surface area contributed by atoms with E-state index in [1.165, 1.54) is 0 Å². The smallest absolute Gasteiger partial charge is 0.475 e. The minimum absolute atomic E-state index is 0.162. The highest BCUT2D eigenvalue weighted by atomic mass is 19.4. The maximum Gasteiger partial charge on any atom is 0.490 e. The fraction of sp³-hybridized carbons (Fsp3) is 0.500. The summed E-state index contributed by atoms with van der Waals surface area (Å²) in [6, 6.07) is 8.40. The van der Waals surface area contributed by atoms with Crippen LogP contribution in [0.4, 0.5) is 26.3 Å². The third-order valence-corrected chi connectivity index (χ3v) is 5.26. The van der Waals surface area contributed by atoms with E-state index in [1.54, 1.807) is 12.5 Å². The van der Waals surface area contributed by atoms with Crippen LogP contribution in [0, 0.1) is 0 Å². The van der Waals surface area contributed by atoms with Crippen LogP contribution in [-0.2, 0) is 32.2 Å². The minimum atomic E-state index is -5.08. The maximum atomic E-state index is 10.6. The number of ether oxygens (including phenoxy) is 2. The summed E-state index contributed by atoms with van der Waals surface area (Å²) >= 11 is 0. The van der Waals surface area contributed by atoms with Crippen molar-refractivity contribution >= 4 is 11.9 Å². The second-order valence-corrected chi connectivity index (χ2v) is 7.85. The van der Waals surface area contributed by atoms with E-state index in [0.29, 0.717) is 12.6 Å². The van der Waals surface area contributed by atoms with Gasteiger partial charge in [-0.2, -0.15) is 26.3 Å². The third-order valence-electron chi connectivity index (χ3n) is 5.26. The van der Waals surface area contributed by atoms with Crippen molar-refractivity contribution in [2.24, 2.45) is 0 Å². The summed E-state index contributed by atoms with van der Waals surface area (Å²) in [5, 5.41) is 14.2. The molecule has 2 N–H and O–H groups in total. The van der Waals surface area contributed by atoms with Gasteiger partial charge in [0.1, 0.15) is 5.76 Å². The van der Waals surface area contributed by atoms with E-state index in [0.717, 1.165) is 43.9 Å². The molecule has 0 unspecified atom stereocenters. The topological polar surface area (TPSA) is 122 Å². The van der Waals surface area contributed by atoms with Crippen molar-refractivity contribution in [1.29, 1.82) is 0 Å². The monoisotopic (exact) mass is 542 g/mol. The fourth-order valence-electron chi connectivity index (χ4n) is 3.66. The van der Waals surface area contributed by atoms with E-state index in [9.17, 15) is 26.3 Å². The molecule has 0 radical (unpaired) electrons. The summed E-state index contributed by atoms with van der Waals surface area (Å²) in [6.45, 7) is 3.17. The van der Waals surface area contributed by atoms with Crippen LogP contribution in [0.25, 0.3) is 0 Å². The number of furan rings is 1. The number of fused-ring (bicyclic) bond motifs is 1. The molecule has 1 aliphatic carbocycles. The van der Waals surface area contributed by atoms with Crippen molar-refractivity contribution in [3.05, 3.63) is 54.2 Å². The molecule has 0 spiro atoms. The zero-order valence-electron chi connectivity index (χ0n) is 19.1. The molecule has 2 aliphatic rings. The number of halogens is 6. The van der Waals surface area contributed by atoms with Gasteiger partial charge in [0.15, 0.2) is 0 Å². The average molecular weight is 542 g/mol. The first-order valence-electron chi connectivity index (χ1n) is 10.8. The van der Waals surface area contributed by atoms with Crippen molar-refractivity contribution in [2.45, 2.75) is 56.6 Å². The van der Waals surface area contributed by atoms with Gasteiger partial charge < -0.3 is 24.1 Å². The van der Waals surface area contributed by atoms with E-state index < -0.39 is 24.3 Å². The largest absolute Gasteiger partial charge is 0.490 e. The lowest BCUT2D eigenvalue weighted by atomic mass is 10.1. The summed E-state index contributed by atoms with van der Waals surface area (Å²) < 4.78 is 81.1. The summed E-state index contributed by atoms with van der Waals surface area (Å²) in [6.07, 6.45) is -2.30. The number of rotatable bonds is 5. The van der Waals surface area contributed by atoms with Crippen LogP contribution < -0.4 is 0 Å². The van der Waals surface area contributed by atoms with Gasteiger partial charge in [0.25, 0.3) is 0 Å². The van der Waals surface area contributed by atoms with Crippen LogP contribution >= 0.6 is 0 Å². The minimum Gasteiger partial charge on any atom is -0.475 e. The Balaban J connectivity index is 0.000000286. The van der Waals surface area contributed by atoms with E-state index in [1.807, 2.05) is 30.5 Å². The van der Waals surface area contributed by atoms with Gasteiger partial charge >= 0.3 is 24.3 Å². The Labute approximate surface area is 206 Å². The quantitative estimate of drug-likeness (QED) is 0.542. The van der Waals surface area contributed by atoms with Crippen LogP contribution in [0.2, 0.25) is 0 Å². The van der Waals surface area contributed by atoms with Crippen LogP contribution in [0.15, 0.2) is 47.3 Å². The average Bonchev–Trinajstić information content (AvgIpc) is 3.48. The summed E-state index contributed by atoms with van der Waals surface area (Å²) in [5.74, 6) is -4.50. The van der Waals surface area contributed by atoms with E-state index >= 15 is 0 Å². The van der Waals surface area contributed by atoms with Crippen molar-refractivity contribution in [1.82, 2.24) is 9.88 Å². The van der Waals surface area contributed by atoms with Gasteiger partial charge in [0.2, 0.25) is 0 Å². The Morgan fingerprint density at radius 1 is 1.05 bits per heavy atom. The van der Waals surface area contributed by atoms with Gasteiger partial charge in [-0.1, -0.05) is 6.07 Å². The Bertz CT molecular complexity index is 946. The van der Waals surface area contributed by atoms with Crippen molar-refractivity contribution in [2.75, 3.05) is 13.2 Å². The molecule has 3 atom stereocenters. The molecule has 37 heavy (non-hydrogen) atoms. The Kier molecular flexibility index (Phi) is 10.9. The standard InChI is InChI=1S/C18H22N2O3.2C2HF3O2/c1-3-14(11-19-7-1)13-23-17-6-5-16-18(17)22-10-8-20(16)12-15-4-2-9-21-15;2*3-2(4,5)1(6)7/h1-4,7,9,11,16-18H,5-6,8,10,12-13H2;2*(H,6,7)/t16-,17-,18+;;/m0../s1. The first-order chi connectivity index (χ1) is 17.3. The van der Waals surface area contributed by atoms with Gasteiger partial charge in [-0.25, -0.2) is 9.59 Å². The van der Waals surface area contributed by atoms with E-state index in [2.05, 4.69) is 9.88 Å². The van der Waals surface area contributed by atoms with Gasteiger partial charge in [-0.05, 0) is 36.6 Å². The molecule has 4 rings (SSSR count). The Hall–Kier alpha value is -3.17. The predicted octanol–water partition coefficient (Wildman–Crippen LogP) is 3.89. The molecule has 2 aromatic heterocycles. The Morgan fingerprint density at radius 3 is 2.22 bits per heavy atom. The first kappa shape index (κ1) is 30.1. The summed E-state index contributed by atoms with van der Waals surface area (Å²) in [5.41, 5.74) is 1.11. The number of carbonyl (C=O) groups is 2. The molecule has 2 fully saturated rings. The number of nitrogens with zero attached hydrogens (tertiary/aromatic N) is 2. The first-order valence-corrected chi connectivity index (χ1v) is 10.8. The van der Waals surface area contributed by atoms with E-state index in [-0.39, 0.29) is 12.2 Å². The van der Waals surface area contributed by atoms with Gasteiger partial charge in [0.05, 0.1) is 38.2 Å². The number of hydrogen-bond acceptors (Lipinski definition) is 7. The molecule has 9 nitrogen and oxygen atoms in total. The number of aliphatic carboxylic acids is 2. The second kappa shape index (κ2) is 13.4. The van der Waals surface area contributed by atoms with Crippen LogP contribution in [0.1, 0.15) is 24.2 Å². The molecule has 0 amide bonds. The fourth-order valence-corrected chi connectivity index (χ4v) is 3.66. The van der Waals surface area contributed by atoms with E-state index in [4.69, 9.17) is 33.7 Å². The van der Waals surface area contributed by atoms with Crippen molar-refractivity contribution in [3.8, 4) is 0 Å². The van der Waals surface area contributed by atoms with Crippen LogP contribution in [0.5, 0.6) is 0 Å². The highest BCUT2D eigenvalue weighted by molar-refractivity contribution is 5.73. The molecule has 15 heteroatoms. The number of aromatic nitrogens is 1. The molecule has 0 aromatic carbocycles. The highest BCUT2D eigenvalue weighted by Crippen LogP contribution is 2.33. The maximum absolute atomic E-state index is 10.6. The summed E-state index contributed by atoms with van der Waals surface area (Å²) in [7, 11) is 0.